The van der Waals surface area contributed by atoms with Crippen molar-refractivity contribution in [3.63, 3.8) is 0 Å². The first-order valence-corrected chi connectivity index (χ1v) is 9.09. The molecule has 1 radical (unpaired) electrons. The molecule has 0 aliphatic carbocycles. The van der Waals surface area contributed by atoms with Gasteiger partial charge in [0.05, 0.1) is 0 Å². The number of benzene rings is 3. The Labute approximate surface area is 163 Å². The monoisotopic (exact) mass is 339 g/mol. The molecule has 0 fully saturated rings. The zero-order chi connectivity index (χ0) is 17.1. The molecule has 0 saturated heterocycles. The van der Waals surface area contributed by atoms with E-state index in [-0.39, 0.29) is 33.0 Å². The molecule has 0 N–H and O–H groups in total. The van der Waals surface area contributed by atoms with Gasteiger partial charge in [0.2, 0.25) is 0 Å². The van der Waals surface area contributed by atoms with Crippen LogP contribution in [-0.4, -0.2) is 24.4 Å². The maximum absolute atomic E-state index is 12.7. The molecule has 0 saturated carbocycles. The SMILES string of the molecule is Cc1cc(C)c(C(=O)Pc2ccc(-c3ccccc3)cc2)c(C)c1.[Li]. The Morgan fingerprint density at radius 1 is 0.760 bits per heavy atom. The molecule has 0 amide bonds. The van der Waals surface area contributed by atoms with Crippen LogP contribution in [-0.2, 0) is 0 Å². The van der Waals surface area contributed by atoms with E-state index < -0.39 is 0 Å². The van der Waals surface area contributed by atoms with Gasteiger partial charge in [-0.25, -0.2) is 0 Å². The van der Waals surface area contributed by atoms with Crippen LogP contribution < -0.4 is 5.30 Å². The van der Waals surface area contributed by atoms with E-state index in [1.165, 1.54) is 16.7 Å². The standard InChI is InChI=1S/C22H21OP.Li/c1-15-13-16(2)21(17(3)14-15)22(23)24-20-11-9-19(10-12-20)18-7-5-4-6-8-18;/h4-14,24H,1-3H3;. The Bertz CT molecular complexity index is 847. The van der Waals surface area contributed by atoms with Crippen LogP contribution in [0.5, 0.6) is 0 Å². The number of carbonyl (C=O) groups excluding carboxylic acids is 1. The van der Waals surface area contributed by atoms with Crippen molar-refractivity contribution in [1.82, 2.24) is 0 Å². The van der Waals surface area contributed by atoms with Gasteiger partial charge in [0, 0.05) is 24.4 Å². The molecule has 0 bridgehead atoms. The molecule has 0 aliphatic rings. The summed E-state index contributed by atoms with van der Waals surface area (Å²) in [6.07, 6.45) is 0. The molecule has 0 spiro atoms. The number of hydrogen-bond acceptors (Lipinski definition) is 1. The third kappa shape index (κ3) is 4.71. The van der Waals surface area contributed by atoms with Crippen LogP contribution in [0.25, 0.3) is 11.1 Å². The molecule has 3 rings (SSSR count). The van der Waals surface area contributed by atoms with Gasteiger partial charge in [-0.1, -0.05) is 72.3 Å². The molecule has 3 heteroatoms. The largest absolute Gasteiger partial charge is 0.289 e. The fourth-order valence-electron chi connectivity index (χ4n) is 3.11. The fourth-order valence-corrected chi connectivity index (χ4v) is 4.22. The average Bonchev–Trinajstić information content (AvgIpc) is 2.55. The first kappa shape index (κ1) is 19.7. The van der Waals surface area contributed by atoms with Crippen LogP contribution in [0.4, 0.5) is 0 Å². The molecule has 1 unspecified atom stereocenters. The van der Waals surface area contributed by atoms with Crippen molar-refractivity contribution in [2.24, 2.45) is 0 Å². The molecule has 0 heterocycles. The summed E-state index contributed by atoms with van der Waals surface area (Å²) >= 11 is 0. The van der Waals surface area contributed by atoms with Crippen molar-refractivity contribution >= 4 is 38.3 Å². The third-order valence-electron chi connectivity index (χ3n) is 4.15. The molecule has 25 heavy (non-hydrogen) atoms. The summed E-state index contributed by atoms with van der Waals surface area (Å²) < 4.78 is 0. The van der Waals surface area contributed by atoms with Gasteiger partial charge in [0.1, 0.15) is 0 Å². The smallest absolute Gasteiger partial charge is 0.186 e. The first-order valence-electron chi connectivity index (χ1n) is 8.09. The summed E-state index contributed by atoms with van der Waals surface area (Å²) in [5, 5.41) is 1.08. The van der Waals surface area contributed by atoms with Gasteiger partial charge in [0.25, 0.3) is 0 Å². The summed E-state index contributed by atoms with van der Waals surface area (Å²) in [6.45, 7) is 6.12. The van der Waals surface area contributed by atoms with Gasteiger partial charge in [-0.2, -0.15) is 0 Å². The molecular weight excluding hydrogens is 318 g/mol. The van der Waals surface area contributed by atoms with E-state index in [9.17, 15) is 4.79 Å². The summed E-state index contributed by atoms with van der Waals surface area (Å²) in [4.78, 5) is 12.7. The zero-order valence-electron chi connectivity index (χ0n) is 15.3. The summed E-state index contributed by atoms with van der Waals surface area (Å²) in [5.74, 6) is 0. The van der Waals surface area contributed by atoms with Gasteiger partial charge in [-0.15, -0.1) is 0 Å². The fraction of sp³-hybridized carbons (Fsp3) is 0.136. The predicted molar refractivity (Wildman–Crippen MR) is 111 cm³/mol. The quantitative estimate of drug-likeness (QED) is 0.481. The van der Waals surface area contributed by atoms with E-state index in [1.54, 1.807) is 0 Å². The number of hydrogen-bond donors (Lipinski definition) is 0. The number of rotatable bonds is 4. The first-order chi connectivity index (χ1) is 11.5. The predicted octanol–water partition coefficient (Wildman–Crippen LogP) is 5.04. The van der Waals surface area contributed by atoms with Crippen molar-refractivity contribution in [3.8, 4) is 11.1 Å². The van der Waals surface area contributed by atoms with Crippen LogP contribution in [0.3, 0.4) is 0 Å². The van der Waals surface area contributed by atoms with Crippen LogP contribution in [0, 0.1) is 20.8 Å². The molecule has 3 aromatic carbocycles. The summed E-state index contributed by atoms with van der Waals surface area (Å²) in [5.41, 5.74) is 6.83. The Kier molecular flexibility index (Phi) is 6.80. The van der Waals surface area contributed by atoms with Crippen molar-refractivity contribution in [2.75, 3.05) is 0 Å². The maximum atomic E-state index is 12.7. The third-order valence-corrected chi connectivity index (χ3v) is 5.25. The Balaban J connectivity index is 0.00000225. The molecule has 1 atom stereocenters. The zero-order valence-corrected chi connectivity index (χ0v) is 16.3. The van der Waals surface area contributed by atoms with Gasteiger partial charge in [-0.05, 0) is 56.9 Å². The second-order valence-electron chi connectivity index (χ2n) is 6.17. The molecule has 0 aromatic heterocycles. The van der Waals surface area contributed by atoms with Gasteiger partial charge in [-0.3, -0.25) is 4.79 Å². The minimum absolute atomic E-state index is 0. The Hall–Kier alpha value is -1.64. The van der Waals surface area contributed by atoms with Crippen LogP contribution in [0.15, 0.2) is 66.7 Å². The van der Waals surface area contributed by atoms with Crippen molar-refractivity contribution < 1.29 is 4.79 Å². The van der Waals surface area contributed by atoms with Crippen molar-refractivity contribution in [3.05, 3.63) is 89.0 Å². The van der Waals surface area contributed by atoms with E-state index in [0.29, 0.717) is 0 Å². The molecule has 1 nitrogen and oxygen atoms in total. The van der Waals surface area contributed by atoms with Crippen LogP contribution in [0.2, 0.25) is 0 Å². The van der Waals surface area contributed by atoms with Crippen molar-refractivity contribution in [1.29, 1.82) is 0 Å². The second-order valence-corrected chi connectivity index (χ2v) is 7.45. The van der Waals surface area contributed by atoms with Gasteiger partial charge < -0.3 is 0 Å². The second kappa shape index (κ2) is 8.64. The number of carbonyl (C=O) groups is 1. The minimum Gasteiger partial charge on any atom is -0.289 e. The Morgan fingerprint density at radius 3 is 1.84 bits per heavy atom. The molecule has 3 aromatic rings. The maximum Gasteiger partial charge on any atom is 0.186 e. The summed E-state index contributed by atoms with van der Waals surface area (Å²) in [6, 6.07) is 22.8. The normalized spacial score (nSPS) is 10.7. The van der Waals surface area contributed by atoms with E-state index in [0.717, 1.165) is 22.0 Å². The molecule has 0 aliphatic heterocycles. The molecule has 121 valence electrons. The average molecular weight is 339 g/mol. The van der Waals surface area contributed by atoms with Crippen molar-refractivity contribution in [2.45, 2.75) is 20.8 Å². The van der Waals surface area contributed by atoms with E-state index >= 15 is 0 Å². The van der Waals surface area contributed by atoms with E-state index in [4.69, 9.17) is 0 Å². The van der Waals surface area contributed by atoms with Gasteiger partial charge in [0.15, 0.2) is 5.52 Å². The van der Waals surface area contributed by atoms with Gasteiger partial charge >= 0.3 is 0 Å². The minimum atomic E-state index is 0. The van der Waals surface area contributed by atoms with E-state index in [2.05, 4.69) is 55.5 Å². The molecular formula is C22H21LiOP. The number of aryl methyl sites for hydroxylation is 3. The Morgan fingerprint density at radius 2 is 1.28 bits per heavy atom. The topological polar surface area (TPSA) is 17.1 Å². The summed E-state index contributed by atoms with van der Waals surface area (Å²) in [7, 11) is 0.160. The van der Waals surface area contributed by atoms with E-state index in [1.807, 2.05) is 32.0 Å². The van der Waals surface area contributed by atoms with Crippen LogP contribution in [0.1, 0.15) is 27.0 Å². The van der Waals surface area contributed by atoms with Crippen LogP contribution >= 0.6 is 8.58 Å².